The Morgan fingerprint density at radius 3 is 2.81 bits per heavy atom. The summed E-state index contributed by atoms with van der Waals surface area (Å²) in [5.41, 5.74) is 1.71. The lowest BCUT2D eigenvalue weighted by molar-refractivity contribution is 0.216. The van der Waals surface area contributed by atoms with Crippen molar-refractivity contribution < 1.29 is 9.26 Å². The van der Waals surface area contributed by atoms with Gasteiger partial charge < -0.3 is 15.1 Å². The summed E-state index contributed by atoms with van der Waals surface area (Å²) in [6, 6.07) is 0. The number of hydrogen-bond donors (Lipinski definition) is 1. The summed E-state index contributed by atoms with van der Waals surface area (Å²) < 4.78 is 10.9. The topological polar surface area (TPSA) is 73.6 Å². The molecule has 0 saturated heterocycles. The van der Waals surface area contributed by atoms with Crippen LogP contribution in [0.3, 0.4) is 0 Å². The maximum atomic E-state index is 5.60. The lowest BCUT2D eigenvalue weighted by Gasteiger charge is -2.08. The maximum Gasteiger partial charge on any atom is 0.263 e. The number of nitrogens with two attached hydrogens (primary N) is 1. The summed E-state index contributed by atoms with van der Waals surface area (Å²) in [6.45, 7) is 3.91. The largest absolute Gasteiger partial charge is 0.472 e. The number of aromatic nitrogens is 1. The van der Waals surface area contributed by atoms with Gasteiger partial charge in [0.25, 0.3) is 5.88 Å². The van der Waals surface area contributed by atoms with Gasteiger partial charge in [0.15, 0.2) is 0 Å². The van der Waals surface area contributed by atoms with Crippen LogP contribution in [0.1, 0.15) is 44.4 Å². The minimum Gasteiger partial charge on any atom is -0.472 e. The van der Waals surface area contributed by atoms with Crippen LogP contribution in [0, 0.1) is 0 Å². The molecule has 88 valence electrons. The molecule has 0 unspecified atom stereocenters. The molecule has 1 heterocycles. The van der Waals surface area contributed by atoms with Crippen molar-refractivity contribution in [3.8, 4) is 5.88 Å². The van der Waals surface area contributed by atoms with Crippen molar-refractivity contribution >= 4 is 5.71 Å². The maximum absolute atomic E-state index is 5.60. The number of fused-ring (bicyclic) bond motifs is 1. The van der Waals surface area contributed by atoms with Gasteiger partial charge >= 0.3 is 0 Å². The smallest absolute Gasteiger partial charge is 0.263 e. The SMILES string of the molecule is CC(C)Oc1noc2c1/C(=N/N)CCCC2. The first-order valence-corrected chi connectivity index (χ1v) is 5.64. The molecule has 0 fully saturated rings. The van der Waals surface area contributed by atoms with Crippen LogP contribution in [0.2, 0.25) is 0 Å². The van der Waals surface area contributed by atoms with Gasteiger partial charge in [-0.15, -0.1) is 0 Å². The van der Waals surface area contributed by atoms with E-state index >= 15 is 0 Å². The van der Waals surface area contributed by atoms with Crippen molar-refractivity contribution in [2.75, 3.05) is 0 Å². The van der Waals surface area contributed by atoms with Gasteiger partial charge in [0.1, 0.15) is 11.3 Å². The second-order valence-corrected chi connectivity index (χ2v) is 4.24. The van der Waals surface area contributed by atoms with Gasteiger partial charge in [-0.2, -0.15) is 5.10 Å². The molecule has 5 heteroatoms. The molecule has 5 nitrogen and oxygen atoms in total. The summed E-state index contributed by atoms with van der Waals surface area (Å²) in [5.74, 6) is 6.78. The molecule has 0 radical (unpaired) electrons. The van der Waals surface area contributed by atoms with Gasteiger partial charge in [-0.3, -0.25) is 0 Å². The average Bonchev–Trinajstić information content (AvgIpc) is 2.51. The van der Waals surface area contributed by atoms with E-state index in [1.807, 2.05) is 13.8 Å². The Morgan fingerprint density at radius 2 is 2.12 bits per heavy atom. The van der Waals surface area contributed by atoms with E-state index in [1.54, 1.807) is 0 Å². The number of hydrazone groups is 1. The third-order valence-electron chi connectivity index (χ3n) is 2.59. The van der Waals surface area contributed by atoms with E-state index in [-0.39, 0.29) is 6.10 Å². The highest BCUT2D eigenvalue weighted by Crippen LogP contribution is 2.29. The zero-order chi connectivity index (χ0) is 11.5. The Hall–Kier alpha value is -1.52. The second kappa shape index (κ2) is 4.55. The molecule has 0 saturated carbocycles. The van der Waals surface area contributed by atoms with Crippen LogP contribution in [0.4, 0.5) is 0 Å². The lowest BCUT2D eigenvalue weighted by atomic mass is 10.1. The Balaban J connectivity index is 2.39. The van der Waals surface area contributed by atoms with Crippen LogP contribution in [-0.2, 0) is 6.42 Å². The lowest BCUT2D eigenvalue weighted by Crippen LogP contribution is -2.11. The fraction of sp³-hybridized carbons (Fsp3) is 0.636. The third kappa shape index (κ3) is 2.03. The zero-order valence-corrected chi connectivity index (χ0v) is 9.69. The molecule has 1 aliphatic carbocycles. The minimum atomic E-state index is 0.0662. The molecule has 0 atom stereocenters. The third-order valence-corrected chi connectivity index (χ3v) is 2.59. The standard InChI is InChI=1S/C11H17N3O2/c1-7(2)15-11-10-8(13-12)5-3-4-6-9(10)16-14-11/h7H,3-6,12H2,1-2H3/b13-8+. The fourth-order valence-electron chi connectivity index (χ4n) is 1.90. The normalized spacial score (nSPS) is 18.6. The highest BCUT2D eigenvalue weighted by Gasteiger charge is 2.25. The monoisotopic (exact) mass is 223 g/mol. The first-order chi connectivity index (χ1) is 7.72. The highest BCUT2D eigenvalue weighted by molar-refractivity contribution is 6.03. The van der Waals surface area contributed by atoms with E-state index < -0.39 is 0 Å². The Kier molecular flexibility index (Phi) is 3.12. The second-order valence-electron chi connectivity index (χ2n) is 4.24. The Labute approximate surface area is 94.6 Å². The molecule has 16 heavy (non-hydrogen) atoms. The molecule has 2 rings (SSSR count). The zero-order valence-electron chi connectivity index (χ0n) is 9.69. The van der Waals surface area contributed by atoms with E-state index in [9.17, 15) is 0 Å². The van der Waals surface area contributed by atoms with Gasteiger partial charge in [0.2, 0.25) is 0 Å². The Morgan fingerprint density at radius 1 is 1.38 bits per heavy atom. The molecule has 0 bridgehead atoms. The molecular weight excluding hydrogens is 206 g/mol. The van der Waals surface area contributed by atoms with Gasteiger partial charge in [-0.05, 0) is 38.3 Å². The van der Waals surface area contributed by atoms with Gasteiger partial charge in [-0.25, -0.2) is 0 Å². The molecular formula is C11H17N3O2. The average molecular weight is 223 g/mol. The van der Waals surface area contributed by atoms with Gasteiger partial charge in [0.05, 0.1) is 11.8 Å². The molecule has 0 aliphatic heterocycles. The number of aryl methyl sites for hydroxylation is 1. The molecule has 1 aliphatic rings. The van der Waals surface area contributed by atoms with Crippen molar-refractivity contribution in [3.05, 3.63) is 11.3 Å². The Bertz CT molecular complexity index is 396. The predicted octanol–water partition coefficient (Wildman–Crippen LogP) is 1.85. The van der Waals surface area contributed by atoms with Crippen LogP contribution in [0.25, 0.3) is 0 Å². The van der Waals surface area contributed by atoms with Crippen molar-refractivity contribution in [2.45, 2.75) is 45.6 Å². The van der Waals surface area contributed by atoms with Crippen LogP contribution in [0.5, 0.6) is 5.88 Å². The number of hydrogen-bond acceptors (Lipinski definition) is 5. The van der Waals surface area contributed by atoms with E-state index in [1.165, 1.54) is 0 Å². The summed E-state index contributed by atoms with van der Waals surface area (Å²) in [5, 5.41) is 7.77. The van der Waals surface area contributed by atoms with Gasteiger partial charge in [0, 0.05) is 6.42 Å². The molecule has 1 aromatic heterocycles. The predicted molar refractivity (Wildman–Crippen MR) is 60.5 cm³/mol. The number of ether oxygens (including phenoxy) is 1. The molecule has 0 spiro atoms. The van der Waals surface area contributed by atoms with Crippen LogP contribution in [-0.4, -0.2) is 17.0 Å². The first kappa shape index (κ1) is 11.0. The van der Waals surface area contributed by atoms with Gasteiger partial charge in [-0.1, -0.05) is 0 Å². The molecule has 0 aromatic carbocycles. The molecule has 2 N–H and O–H groups in total. The van der Waals surface area contributed by atoms with Crippen molar-refractivity contribution in [2.24, 2.45) is 10.9 Å². The van der Waals surface area contributed by atoms with E-state index in [2.05, 4.69) is 10.3 Å². The van der Waals surface area contributed by atoms with Crippen LogP contribution in [0.15, 0.2) is 9.62 Å². The van der Waals surface area contributed by atoms with Crippen molar-refractivity contribution in [3.63, 3.8) is 0 Å². The first-order valence-electron chi connectivity index (χ1n) is 5.64. The fourth-order valence-corrected chi connectivity index (χ4v) is 1.90. The summed E-state index contributed by atoms with van der Waals surface area (Å²) in [7, 11) is 0. The summed E-state index contributed by atoms with van der Waals surface area (Å²) in [6.07, 6.45) is 3.95. The van der Waals surface area contributed by atoms with Crippen molar-refractivity contribution in [1.82, 2.24) is 5.16 Å². The quantitative estimate of drug-likeness (QED) is 0.471. The van der Waals surface area contributed by atoms with E-state index in [0.717, 1.165) is 42.7 Å². The van der Waals surface area contributed by atoms with Crippen LogP contribution >= 0.6 is 0 Å². The summed E-state index contributed by atoms with van der Waals surface area (Å²) >= 11 is 0. The van der Waals surface area contributed by atoms with Crippen LogP contribution < -0.4 is 10.6 Å². The molecule has 1 aromatic rings. The molecule has 0 amide bonds. The number of rotatable bonds is 2. The van der Waals surface area contributed by atoms with E-state index in [0.29, 0.717) is 5.88 Å². The minimum absolute atomic E-state index is 0.0662. The van der Waals surface area contributed by atoms with Crippen molar-refractivity contribution in [1.29, 1.82) is 0 Å². The number of nitrogens with zero attached hydrogens (tertiary/aromatic N) is 2. The van der Waals surface area contributed by atoms with E-state index in [4.69, 9.17) is 15.1 Å². The summed E-state index contributed by atoms with van der Waals surface area (Å²) in [4.78, 5) is 0. The highest BCUT2D eigenvalue weighted by atomic mass is 16.5.